The number of hydrogen-bond donors (Lipinski definition) is 3. The molecule has 3 N–H and O–H groups in total. The van der Waals surface area contributed by atoms with Gasteiger partial charge in [-0.05, 0) is 41.3 Å². The maximum Gasteiger partial charge on any atom is 0.254 e. The Morgan fingerprint density at radius 3 is 2.18 bits per heavy atom. The number of aliphatic hydroxyl groups excluding tert-OH is 2. The molecule has 0 unspecified atom stereocenters. The van der Waals surface area contributed by atoms with Crippen LogP contribution >= 0.6 is 0 Å². The summed E-state index contributed by atoms with van der Waals surface area (Å²) in [6, 6.07) is 30.9. The Hall–Kier alpha value is -4.40. The molecule has 0 aliphatic carbocycles. The summed E-state index contributed by atoms with van der Waals surface area (Å²) in [4.78, 5) is 28.9. The van der Waals surface area contributed by atoms with Gasteiger partial charge in [-0.25, -0.2) is 0 Å². The number of amides is 2. The summed E-state index contributed by atoms with van der Waals surface area (Å²) < 4.78 is 6.05. The number of aliphatic hydroxyl groups is 2. The molecule has 4 aromatic rings. The van der Waals surface area contributed by atoms with Crippen molar-refractivity contribution in [2.45, 2.75) is 18.8 Å². The number of nitrogens with one attached hydrogen (secondary N) is 1. The Morgan fingerprint density at radius 1 is 0.769 bits per heavy atom. The van der Waals surface area contributed by atoms with E-state index in [0.717, 1.165) is 27.8 Å². The third-order valence-electron chi connectivity index (χ3n) is 6.90. The average molecular weight is 526 g/mol. The molecule has 0 bridgehead atoms. The van der Waals surface area contributed by atoms with Crippen molar-refractivity contribution in [2.24, 2.45) is 0 Å². The van der Waals surface area contributed by atoms with Crippen molar-refractivity contribution < 1.29 is 24.5 Å². The second kappa shape index (κ2) is 12.0. The molecule has 0 saturated carbocycles. The number of hydrogen-bond acceptors (Lipinski definition) is 6. The minimum Gasteiger partial charge on any atom is -0.457 e. The van der Waals surface area contributed by atoms with E-state index in [4.69, 9.17) is 4.74 Å². The van der Waals surface area contributed by atoms with Gasteiger partial charge in [-0.1, -0.05) is 66.7 Å². The van der Waals surface area contributed by atoms with Crippen molar-refractivity contribution in [3.05, 3.63) is 103 Å². The quantitative estimate of drug-likeness (QED) is 0.326. The van der Waals surface area contributed by atoms with E-state index < -0.39 is 24.0 Å². The van der Waals surface area contributed by atoms with Crippen LogP contribution in [0, 0.1) is 0 Å². The Bertz CT molecular complexity index is 1410. The monoisotopic (exact) mass is 525 g/mol. The lowest BCUT2D eigenvalue weighted by Crippen LogP contribution is -2.55. The van der Waals surface area contributed by atoms with E-state index >= 15 is 0 Å². The van der Waals surface area contributed by atoms with Gasteiger partial charge >= 0.3 is 0 Å². The molecular weight excluding hydrogens is 494 g/mol. The number of anilines is 1. The molecule has 39 heavy (non-hydrogen) atoms. The van der Waals surface area contributed by atoms with E-state index in [0.29, 0.717) is 31.9 Å². The van der Waals surface area contributed by atoms with Gasteiger partial charge < -0.3 is 30.1 Å². The first-order chi connectivity index (χ1) is 19.0. The first-order valence-corrected chi connectivity index (χ1v) is 13.0. The van der Waals surface area contributed by atoms with Crippen molar-refractivity contribution in [2.75, 3.05) is 31.1 Å². The van der Waals surface area contributed by atoms with Gasteiger partial charge in [0.15, 0.2) is 12.2 Å². The minimum absolute atomic E-state index is 0.126. The van der Waals surface area contributed by atoms with Gasteiger partial charge in [-0.15, -0.1) is 0 Å². The number of rotatable bonds is 8. The zero-order chi connectivity index (χ0) is 27.2. The Labute approximate surface area is 227 Å². The van der Waals surface area contributed by atoms with Crippen LogP contribution in [0.2, 0.25) is 0 Å². The van der Waals surface area contributed by atoms with E-state index in [-0.39, 0.29) is 6.54 Å². The largest absolute Gasteiger partial charge is 0.457 e. The summed E-state index contributed by atoms with van der Waals surface area (Å²) in [7, 11) is 0. The van der Waals surface area contributed by atoms with Gasteiger partial charge in [-0.3, -0.25) is 9.59 Å². The Morgan fingerprint density at radius 2 is 1.44 bits per heavy atom. The fourth-order valence-corrected chi connectivity index (χ4v) is 4.67. The topological polar surface area (TPSA) is 102 Å². The van der Waals surface area contributed by atoms with Crippen LogP contribution in [-0.2, 0) is 16.1 Å². The molecule has 8 nitrogen and oxygen atoms in total. The number of nitrogens with zero attached hydrogens (tertiary/aromatic N) is 2. The molecule has 2 amide bonds. The molecule has 0 radical (unpaired) electrons. The van der Waals surface area contributed by atoms with E-state index in [1.165, 1.54) is 4.90 Å². The number of carbonyl (C=O) groups excluding carboxylic acids is 2. The maximum atomic E-state index is 12.7. The predicted molar refractivity (Wildman–Crippen MR) is 150 cm³/mol. The summed E-state index contributed by atoms with van der Waals surface area (Å²) in [5.74, 6) is -0.0672. The lowest BCUT2D eigenvalue weighted by molar-refractivity contribution is -0.153. The SMILES string of the molecule is O=C(NCc1ccc(Oc2cccc3ccccc23)cc1)[C@H](O)[C@@H](O)C(=O)N1CCN(c2ccccc2)CC1. The van der Waals surface area contributed by atoms with Crippen molar-refractivity contribution in [3.8, 4) is 11.5 Å². The van der Waals surface area contributed by atoms with E-state index in [1.807, 2.05) is 72.8 Å². The molecule has 8 heteroatoms. The summed E-state index contributed by atoms with van der Waals surface area (Å²) >= 11 is 0. The molecule has 1 saturated heterocycles. The van der Waals surface area contributed by atoms with Crippen molar-refractivity contribution in [1.82, 2.24) is 10.2 Å². The normalized spacial score (nSPS) is 15.0. The van der Waals surface area contributed by atoms with E-state index in [1.54, 1.807) is 24.3 Å². The highest BCUT2D eigenvalue weighted by Crippen LogP contribution is 2.29. The minimum atomic E-state index is -1.86. The molecular formula is C31H31N3O5. The zero-order valence-electron chi connectivity index (χ0n) is 21.4. The third kappa shape index (κ3) is 6.19. The van der Waals surface area contributed by atoms with Crippen LogP contribution < -0.4 is 15.0 Å². The molecule has 1 aliphatic rings. The van der Waals surface area contributed by atoms with Gasteiger partial charge in [0.1, 0.15) is 11.5 Å². The maximum absolute atomic E-state index is 12.7. The van der Waals surface area contributed by atoms with Gasteiger partial charge in [-0.2, -0.15) is 0 Å². The fourth-order valence-electron chi connectivity index (χ4n) is 4.67. The highest BCUT2D eigenvalue weighted by atomic mass is 16.5. The predicted octanol–water partition coefficient (Wildman–Crippen LogP) is 3.32. The highest BCUT2D eigenvalue weighted by Gasteiger charge is 2.34. The highest BCUT2D eigenvalue weighted by molar-refractivity contribution is 5.91. The summed E-state index contributed by atoms with van der Waals surface area (Å²) in [6.07, 6.45) is -3.69. The van der Waals surface area contributed by atoms with Gasteiger partial charge in [0.05, 0.1) is 0 Å². The Balaban J connectivity index is 1.10. The molecule has 4 aromatic carbocycles. The number of para-hydroxylation sites is 1. The number of carbonyl (C=O) groups is 2. The molecule has 0 spiro atoms. The molecule has 1 heterocycles. The lowest BCUT2D eigenvalue weighted by atomic mass is 10.1. The smallest absolute Gasteiger partial charge is 0.254 e. The summed E-state index contributed by atoms with van der Waals surface area (Å²) in [6.45, 7) is 2.12. The van der Waals surface area contributed by atoms with Crippen molar-refractivity contribution in [1.29, 1.82) is 0 Å². The van der Waals surface area contributed by atoms with Crippen molar-refractivity contribution >= 4 is 28.3 Å². The first kappa shape index (κ1) is 26.2. The first-order valence-electron chi connectivity index (χ1n) is 13.0. The van der Waals surface area contributed by atoms with Crippen LogP contribution in [0.5, 0.6) is 11.5 Å². The standard InChI is InChI=1S/C31H31N3O5/c35-28(29(36)31(38)34-19-17-33(18-20-34)24-9-2-1-3-10-24)30(37)32-21-22-13-15-25(16-14-22)39-27-12-6-8-23-7-4-5-11-26(23)27/h1-16,28-29,35-36H,17-21H2,(H,32,37)/t28-,29-/m1/s1. The summed E-state index contributed by atoms with van der Waals surface area (Å²) in [5, 5.41) is 25.4. The number of benzene rings is 4. The molecule has 2 atom stereocenters. The van der Waals surface area contributed by atoms with Crippen LogP contribution in [-0.4, -0.2) is 65.3 Å². The second-order valence-corrected chi connectivity index (χ2v) is 9.48. The number of piperazine rings is 1. The molecule has 1 fully saturated rings. The van der Waals surface area contributed by atoms with Gasteiger partial charge in [0, 0.05) is 43.8 Å². The van der Waals surface area contributed by atoms with Crippen LogP contribution in [0.1, 0.15) is 5.56 Å². The van der Waals surface area contributed by atoms with E-state index in [2.05, 4.69) is 10.2 Å². The molecule has 5 rings (SSSR count). The number of ether oxygens (including phenoxy) is 1. The second-order valence-electron chi connectivity index (χ2n) is 9.48. The molecule has 200 valence electrons. The lowest BCUT2D eigenvalue weighted by Gasteiger charge is -2.37. The van der Waals surface area contributed by atoms with Gasteiger partial charge in [0.25, 0.3) is 11.8 Å². The summed E-state index contributed by atoms with van der Waals surface area (Å²) in [5.41, 5.74) is 1.84. The van der Waals surface area contributed by atoms with E-state index in [9.17, 15) is 19.8 Å². The molecule has 0 aromatic heterocycles. The van der Waals surface area contributed by atoms with Crippen LogP contribution in [0.4, 0.5) is 5.69 Å². The van der Waals surface area contributed by atoms with Crippen LogP contribution in [0.15, 0.2) is 97.1 Å². The Kier molecular flexibility index (Phi) is 8.05. The fraction of sp³-hybridized carbons (Fsp3) is 0.226. The van der Waals surface area contributed by atoms with Crippen molar-refractivity contribution in [3.63, 3.8) is 0 Å². The van der Waals surface area contributed by atoms with Gasteiger partial charge in [0.2, 0.25) is 0 Å². The average Bonchev–Trinajstić information content (AvgIpc) is 3.00. The number of fused-ring (bicyclic) bond motifs is 1. The molecule has 1 aliphatic heterocycles. The third-order valence-corrected chi connectivity index (χ3v) is 6.90. The van der Waals surface area contributed by atoms with Crippen LogP contribution in [0.3, 0.4) is 0 Å². The van der Waals surface area contributed by atoms with Crippen LogP contribution in [0.25, 0.3) is 10.8 Å². The zero-order valence-corrected chi connectivity index (χ0v) is 21.4.